The van der Waals surface area contributed by atoms with E-state index in [1.165, 1.54) is 0 Å². The molecule has 1 atom stereocenters. The predicted octanol–water partition coefficient (Wildman–Crippen LogP) is 3.77. The predicted molar refractivity (Wildman–Crippen MR) is 73.8 cm³/mol. The minimum absolute atomic E-state index is 0.104. The third kappa shape index (κ3) is 2.96. The molecule has 0 aliphatic rings. The fraction of sp³-hybridized carbons (Fsp3) is 0.250. The average Bonchev–Trinajstić information content (AvgIpc) is 2.40. The Morgan fingerprint density at radius 2 is 1.83 bits per heavy atom. The largest absolute Gasteiger partial charge is 0.327 e. The summed E-state index contributed by atoms with van der Waals surface area (Å²) in [5.41, 5.74) is 8.39. The van der Waals surface area contributed by atoms with Crippen LogP contribution in [0.5, 0.6) is 0 Å². The summed E-state index contributed by atoms with van der Waals surface area (Å²) in [6.45, 7) is 2.04. The highest BCUT2D eigenvalue weighted by atomic mass is 19.1. The van der Waals surface area contributed by atoms with Gasteiger partial charge in [0.25, 0.3) is 0 Å². The maximum atomic E-state index is 14.0. The van der Waals surface area contributed by atoms with E-state index >= 15 is 0 Å². The number of hydrogen-bond donors (Lipinski definition) is 1. The molecule has 0 heterocycles. The van der Waals surface area contributed by atoms with Gasteiger partial charge in [-0.3, -0.25) is 0 Å². The molecule has 0 spiro atoms. The number of halogens is 1. The molecular weight excluding hydrogens is 225 g/mol. The molecule has 1 unspecified atom stereocenters. The molecule has 18 heavy (non-hydrogen) atoms. The standard InChI is InChI=1S/C16H18FN/c1-2-14(18)10-12-8-9-15(16(17)11-12)13-6-4-3-5-7-13/h3-9,11,14H,2,10,18H2,1H3. The van der Waals surface area contributed by atoms with Crippen molar-refractivity contribution in [3.63, 3.8) is 0 Å². The van der Waals surface area contributed by atoms with Gasteiger partial charge in [0.2, 0.25) is 0 Å². The van der Waals surface area contributed by atoms with Crippen molar-refractivity contribution in [3.05, 3.63) is 59.9 Å². The quantitative estimate of drug-likeness (QED) is 0.869. The highest BCUT2D eigenvalue weighted by molar-refractivity contribution is 5.64. The summed E-state index contributed by atoms with van der Waals surface area (Å²) < 4.78 is 14.0. The van der Waals surface area contributed by atoms with Crippen molar-refractivity contribution in [2.24, 2.45) is 5.73 Å². The lowest BCUT2D eigenvalue weighted by molar-refractivity contribution is 0.617. The maximum absolute atomic E-state index is 14.0. The first kappa shape index (κ1) is 12.8. The zero-order chi connectivity index (χ0) is 13.0. The molecule has 2 rings (SSSR count). The molecule has 0 saturated carbocycles. The van der Waals surface area contributed by atoms with Gasteiger partial charge in [0, 0.05) is 11.6 Å². The first-order valence-electron chi connectivity index (χ1n) is 6.30. The summed E-state index contributed by atoms with van der Waals surface area (Å²) in [5.74, 6) is -0.179. The van der Waals surface area contributed by atoms with Crippen molar-refractivity contribution in [1.29, 1.82) is 0 Å². The molecule has 2 N–H and O–H groups in total. The van der Waals surface area contributed by atoms with Crippen molar-refractivity contribution in [1.82, 2.24) is 0 Å². The van der Waals surface area contributed by atoms with Crippen LogP contribution in [0.15, 0.2) is 48.5 Å². The van der Waals surface area contributed by atoms with E-state index in [-0.39, 0.29) is 11.9 Å². The lowest BCUT2D eigenvalue weighted by Gasteiger charge is -2.10. The minimum atomic E-state index is -0.179. The molecule has 2 aromatic carbocycles. The average molecular weight is 243 g/mol. The van der Waals surface area contributed by atoms with E-state index in [9.17, 15) is 4.39 Å². The Labute approximate surface area is 107 Å². The summed E-state index contributed by atoms with van der Waals surface area (Å²) in [6, 6.07) is 15.1. The van der Waals surface area contributed by atoms with Gasteiger partial charge in [-0.05, 0) is 30.0 Å². The van der Waals surface area contributed by atoms with Crippen molar-refractivity contribution in [3.8, 4) is 11.1 Å². The molecule has 2 heteroatoms. The van der Waals surface area contributed by atoms with E-state index in [1.54, 1.807) is 6.07 Å². The number of benzene rings is 2. The Kier molecular flexibility index (Phi) is 4.11. The highest BCUT2D eigenvalue weighted by Gasteiger charge is 2.07. The third-order valence-corrected chi connectivity index (χ3v) is 3.14. The first-order chi connectivity index (χ1) is 8.70. The van der Waals surface area contributed by atoms with E-state index in [0.29, 0.717) is 5.56 Å². The molecule has 0 aliphatic carbocycles. The van der Waals surface area contributed by atoms with Gasteiger partial charge in [-0.1, -0.05) is 49.4 Å². The van der Waals surface area contributed by atoms with Gasteiger partial charge in [0.15, 0.2) is 0 Å². The van der Waals surface area contributed by atoms with Gasteiger partial charge < -0.3 is 5.73 Å². The van der Waals surface area contributed by atoms with Crippen molar-refractivity contribution < 1.29 is 4.39 Å². The molecule has 0 amide bonds. The summed E-state index contributed by atoms with van der Waals surface area (Å²) in [6.07, 6.45) is 1.63. The summed E-state index contributed by atoms with van der Waals surface area (Å²) >= 11 is 0. The highest BCUT2D eigenvalue weighted by Crippen LogP contribution is 2.23. The molecule has 0 bridgehead atoms. The Morgan fingerprint density at radius 3 is 2.44 bits per heavy atom. The number of nitrogens with two attached hydrogens (primary N) is 1. The second-order valence-electron chi connectivity index (χ2n) is 4.55. The zero-order valence-electron chi connectivity index (χ0n) is 10.6. The van der Waals surface area contributed by atoms with Gasteiger partial charge in [-0.15, -0.1) is 0 Å². The SMILES string of the molecule is CCC(N)Cc1ccc(-c2ccccc2)c(F)c1. The van der Waals surface area contributed by atoms with Crippen molar-refractivity contribution in [2.45, 2.75) is 25.8 Å². The lowest BCUT2D eigenvalue weighted by Crippen LogP contribution is -2.21. The Hall–Kier alpha value is -1.67. The molecular formula is C16H18FN. The number of hydrogen-bond acceptors (Lipinski definition) is 1. The molecule has 94 valence electrons. The summed E-state index contributed by atoms with van der Waals surface area (Å²) in [5, 5.41) is 0. The van der Waals surface area contributed by atoms with E-state index < -0.39 is 0 Å². The normalized spacial score (nSPS) is 12.4. The van der Waals surface area contributed by atoms with Gasteiger partial charge in [0.05, 0.1) is 0 Å². The van der Waals surface area contributed by atoms with Crippen LogP contribution < -0.4 is 5.73 Å². The van der Waals surface area contributed by atoms with E-state index in [0.717, 1.165) is 24.0 Å². The second kappa shape index (κ2) is 5.78. The van der Waals surface area contributed by atoms with Crippen LogP contribution >= 0.6 is 0 Å². The van der Waals surface area contributed by atoms with Crippen molar-refractivity contribution >= 4 is 0 Å². The van der Waals surface area contributed by atoms with Crippen LogP contribution in [-0.4, -0.2) is 6.04 Å². The molecule has 0 radical (unpaired) electrons. The molecule has 0 aliphatic heterocycles. The smallest absolute Gasteiger partial charge is 0.131 e. The van der Waals surface area contributed by atoms with Crippen LogP contribution in [-0.2, 0) is 6.42 Å². The Balaban J connectivity index is 2.26. The van der Waals surface area contributed by atoms with Crippen LogP contribution in [0.1, 0.15) is 18.9 Å². The summed E-state index contributed by atoms with van der Waals surface area (Å²) in [7, 11) is 0. The lowest BCUT2D eigenvalue weighted by atomic mass is 9.99. The van der Waals surface area contributed by atoms with E-state index in [4.69, 9.17) is 5.73 Å². The minimum Gasteiger partial charge on any atom is -0.327 e. The van der Waals surface area contributed by atoms with Gasteiger partial charge in [-0.25, -0.2) is 4.39 Å². The number of rotatable bonds is 4. The zero-order valence-corrected chi connectivity index (χ0v) is 10.6. The Bertz CT molecular complexity index is 508. The van der Waals surface area contributed by atoms with Crippen molar-refractivity contribution in [2.75, 3.05) is 0 Å². The van der Waals surface area contributed by atoms with Crippen LogP contribution in [0.3, 0.4) is 0 Å². The van der Waals surface area contributed by atoms with Gasteiger partial charge in [-0.2, -0.15) is 0 Å². The van der Waals surface area contributed by atoms with Crippen LogP contribution in [0.2, 0.25) is 0 Å². The summed E-state index contributed by atoms with van der Waals surface area (Å²) in [4.78, 5) is 0. The van der Waals surface area contributed by atoms with Crippen LogP contribution in [0, 0.1) is 5.82 Å². The fourth-order valence-electron chi connectivity index (χ4n) is 1.98. The molecule has 0 saturated heterocycles. The second-order valence-corrected chi connectivity index (χ2v) is 4.55. The third-order valence-electron chi connectivity index (χ3n) is 3.14. The molecule has 0 aromatic heterocycles. The topological polar surface area (TPSA) is 26.0 Å². The molecule has 2 aromatic rings. The Morgan fingerprint density at radius 1 is 1.11 bits per heavy atom. The maximum Gasteiger partial charge on any atom is 0.131 e. The van der Waals surface area contributed by atoms with Gasteiger partial charge >= 0.3 is 0 Å². The van der Waals surface area contributed by atoms with Gasteiger partial charge in [0.1, 0.15) is 5.82 Å². The molecule has 1 nitrogen and oxygen atoms in total. The first-order valence-corrected chi connectivity index (χ1v) is 6.30. The fourth-order valence-corrected chi connectivity index (χ4v) is 1.98. The van der Waals surface area contributed by atoms with E-state index in [2.05, 4.69) is 0 Å². The molecule has 0 fully saturated rings. The van der Waals surface area contributed by atoms with Crippen LogP contribution in [0.4, 0.5) is 4.39 Å². The van der Waals surface area contributed by atoms with Crippen LogP contribution in [0.25, 0.3) is 11.1 Å². The monoisotopic (exact) mass is 243 g/mol. The van der Waals surface area contributed by atoms with E-state index in [1.807, 2.05) is 49.4 Å².